The summed E-state index contributed by atoms with van der Waals surface area (Å²) in [5.41, 5.74) is -0.408. The van der Waals surface area contributed by atoms with Crippen LogP contribution in [0.4, 0.5) is 14.4 Å². The summed E-state index contributed by atoms with van der Waals surface area (Å²) in [6.07, 6.45) is 0.548. The molecule has 3 aliphatic rings. The molecule has 0 radical (unpaired) electrons. The van der Waals surface area contributed by atoms with Crippen molar-refractivity contribution in [3.05, 3.63) is 47.7 Å². The molecule has 1 N–H and O–H groups in total. The molecule has 228 valence electrons. The van der Waals surface area contributed by atoms with Crippen LogP contribution in [0.2, 0.25) is 0 Å². The Morgan fingerprint density at radius 3 is 2.29 bits per heavy atom. The standard InChI is InChI=1S/C29H40N6O7/c1-28(2,3)41-25(36)30-19-14-22(34(15-19)27(38)42-29(4,5)6)24-32-31-23(40-24)21-13-12-20-16-33(21)26(37)35(20)39-17-18-10-8-7-9-11-18/h7-11,19-22H,12-17H2,1-6H3,(H,30,36)/t19-,20+,21-,22+/m0/s1. The smallest absolute Gasteiger partial charge is 0.411 e. The fourth-order valence-corrected chi connectivity index (χ4v) is 5.46. The highest BCUT2D eigenvalue weighted by atomic mass is 16.7. The molecular weight excluding hydrogens is 544 g/mol. The second-order valence-corrected chi connectivity index (χ2v) is 13.0. The van der Waals surface area contributed by atoms with Crippen molar-refractivity contribution in [3.8, 4) is 0 Å². The first kappa shape index (κ1) is 29.6. The number of likely N-dealkylation sites (tertiary alicyclic amines) is 1. The van der Waals surface area contributed by atoms with Gasteiger partial charge in [-0.1, -0.05) is 30.3 Å². The molecule has 0 unspecified atom stereocenters. The van der Waals surface area contributed by atoms with Gasteiger partial charge in [0.05, 0.1) is 12.1 Å². The lowest BCUT2D eigenvalue weighted by Crippen LogP contribution is -2.42. The summed E-state index contributed by atoms with van der Waals surface area (Å²) in [5.74, 6) is 0.518. The quantitative estimate of drug-likeness (QED) is 0.511. The van der Waals surface area contributed by atoms with Crippen molar-refractivity contribution in [1.29, 1.82) is 0 Å². The number of nitrogens with zero attached hydrogens (tertiary/aromatic N) is 5. The summed E-state index contributed by atoms with van der Waals surface area (Å²) in [6.45, 7) is 11.7. The van der Waals surface area contributed by atoms with E-state index in [1.807, 2.05) is 30.3 Å². The van der Waals surface area contributed by atoms with Crippen LogP contribution in [0.25, 0.3) is 0 Å². The molecular formula is C29H40N6O7. The van der Waals surface area contributed by atoms with Crippen LogP contribution in [0.15, 0.2) is 34.7 Å². The lowest BCUT2D eigenvalue weighted by Gasteiger charge is -2.28. The Labute approximate surface area is 245 Å². The summed E-state index contributed by atoms with van der Waals surface area (Å²) < 4.78 is 17.2. The molecule has 2 aromatic rings. The number of hydroxylamine groups is 2. The highest BCUT2D eigenvalue weighted by Crippen LogP contribution is 2.40. The van der Waals surface area contributed by atoms with Gasteiger partial charge in [0.2, 0.25) is 11.8 Å². The first-order chi connectivity index (χ1) is 19.8. The van der Waals surface area contributed by atoms with Crippen LogP contribution in [0.3, 0.4) is 0 Å². The molecule has 2 bridgehead atoms. The van der Waals surface area contributed by atoms with Gasteiger partial charge in [0.25, 0.3) is 0 Å². The predicted octanol–water partition coefficient (Wildman–Crippen LogP) is 4.72. The van der Waals surface area contributed by atoms with Crippen LogP contribution in [0.5, 0.6) is 0 Å². The van der Waals surface area contributed by atoms with Crippen molar-refractivity contribution in [2.24, 2.45) is 0 Å². The monoisotopic (exact) mass is 584 g/mol. The average molecular weight is 585 g/mol. The van der Waals surface area contributed by atoms with Crippen molar-refractivity contribution < 1.29 is 33.1 Å². The Kier molecular flexibility index (Phi) is 8.06. The summed E-state index contributed by atoms with van der Waals surface area (Å²) in [7, 11) is 0. The second kappa shape index (κ2) is 11.4. The highest BCUT2D eigenvalue weighted by molar-refractivity contribution is 5.77. The Balaban J connectivity index is 1.29. The van der Waals surface area contributed by atoms with Crippen LogP contribution in [-0.4, -0.2) is 79.7 Å². The minimum atomic E-state index is -0.721. The van der Waals surface area contributed by atoms with Crippen molar-refractivity contribution >= 4 is 18.2 Å². The van der Waals surface area contributed by atoms with Crippen molar-refractivity contribution in [3.63, 3.8) is 0 Å². The van der Waals surface area contributed by atoms with Gasteiger partial charge in [0, 0.05) is 13.1 Å². The first-order valence-electron chi connectivity index (χ1n) is 14.4. The minimum absolute atomic E-state index is 0.0583. The maximum Gasteiger partial charge on any atom is 0.411 e. The van der Waals surface area contributed by atoms with Gasteiger partial charge in [0.15, 0.2) is 0 Å². The van der Waals surface area contributed by atoms with Crippen molar-refractivity contribution in [2.75, 3.05) is 13.1 Å². The maximum absolute atomic E-state index is 13.3. The minimum Gasteiger partial charge on any atom is -0.444 e. The molecule has 4 heterocycles. The lowest BCUT2D eigenvalue weighted by molar-refractivity contribution is -0.140. The van der Waals surface area contributed by atoms with Gasteiger partial charge in [-0.3, -0.25) is 9.74 Å². The second-order valence-electron chi connectivity index (χ2n) is 13.0. The molecule has 1 aromatic carbocycles. The molecule has 4 atom stereocenters. The lowest BCUT2D eigenvalue weighted by atomic mass is 10.0. The number of rotatable bonds is 6. The highest BCUT2D eigenvalue weighted by Gasteiger charge is 2.48. The van der Waals surface area contributed by atoms with E-state index in [1.165, 1.54) is 9.96 Å². The molecule has 1 aromatic heterocycles. The summed E-state index contributed by atoms with van der Waals surface area (Å²) in [4.78, 5) is 48.0. The number of amides is 4. The topological polar surface area (TPSA) is 140 Å². The van der Waals surface area contributed by atoms with Crippen LogP contribution >= 0.6 is 0 Å². The van der Waals surface area contributed by atoms with Gasteiger partial charge in [-0.25, -0.2) is 14.4 Å². The zero-order valence-corrected chi connectivity index (χ0v) is 25.0. The van der Waals surface area contributed by atoms with Gasteiger partial charge >= 0.3 is 18.2 Å². The molecule has 3 fully saturated rings. The van der Waals surface area contributed by atoms with E-state index in [2.05, 4.69) is 15.5 Å². The van der Waals surface area contributed by atoms with E-state index in [9.17, 15) is 14.4 Å². The first-order valence-corrected chi connectivity index (χ1v) is 14.4. The number of hydrogen-bond acceptors (Lipinski definition) is 9. The molecule has 5 rings (SSSR count). The van der Waals surface area contributed by atoms with Crippen LogP contribution in [0.1, 0.15) is 90.2 Å². The number of aromatic nitrogens is 2. The zero-order chi connectivity index (χ0) is 30.2. The van der Waals surface area contributed by atoms with E-state index in [0.29, 0.717) is 31.9 Å². The van der Waals surface area contributed by atoms with Crippen LogP contribution in [-0.2, 0) is 20.9 Å². The molecule has 42 heavy (non-hydrogen) atoms. The zero-order valence-electron chi connectivity index (χ0n) is 25.0. The number of benzene rings is 1. The molecule has 3 aliphatic heterocycles. The fraction of sp³-hybridized carbons (Fsp3) is 0.621. The molecule has 0 aliphatic carbocycles. The number of nitrogens with one attached hydrogen (secondary N) is 1. The Morgan fingerprint density at radius 1 is 0.952 bits per heavy atom. The number of piperidine rings is 1. The van der Waals surface area contributed by atoms with Crippen molar-refractivity contribution in [2.45, 2.75) is 103 Å². The molecule has 4 amide bonds. The number of hydrogen-bond donors (Lipinski definition) is 1. The van der Waals surface area contributed by atoms with Gasteiger partial charge in [-0.2, -0.15) is 5.06 Å². The van der Waals surface area contributed by atoms with E-state index in [4.69, 9.17) is 18.7 Å². The Morgan fingerprint density at radius 2 is 1.62 bits per heavy atom. The van der Waals surface area contributed by atoms with Crippen molar-refractivity contribution in [1.82, 2.24) is 30.4 Å². The third-order valence-electron chi connectivity index (χ3n) is 7.21. The SMILES string of the molecule is CC(C)(C)OC(=O)N[C@H]1C[C@H](c2nnc([C@@H]3CC[C@@H]4CN3C(=O)N4OCc3ccccc3)o2)N(C(=O)OC(C)(C)C)C1. The third kappa shape index (κ3) is 6.77. The van der Waals surface area contributed by atoms with Gasteiger partial charge in [-0.05, 0) is 66.4 Å². The normalized spacial score (nSPS) is 24.2. The van der Waals surface area contributed by atoms with E-state index in [1.54, 1.807) is 46.4 Å². The van der Waals surface area contributed by atoms with Gasteiger partial charge in [-0.15, -0.1) is 10.2 Å². The van der Waals surface area contributed by atoms with E-state index in [0.717, 1.165) is 12.0 Å². The third-order valence-corrected chi connectivity index (χ3v) is 7.21. The molecule has 0 spiro atoms. The number of carbonyl (C=O) groups is 3. The predicted molar refractivity (Wildman–Crippen MR) is 149 cm³/mol. The average Bonchev–Trinajstić information content (AvgIpc) is 3.59. The van der Waals surface area contributed by atoms with Gasteiger partial charge in [0.1, 0.15) is 29.9 Å². The summed E-state index contributed by atoms with van der Waals surface area (Å²) >= 11 is 0. The summed E-state index contributed by atoms with van der Waals surface area (Å²) in [6, 6.07) is 7.94. The van der Waals surface area contributed by atoms with Crippen LogP contribution < -0.4 is 5.32 Å². The number of alkyl carbamates (subject to hydrolysis) is 1. The maximum atomic E-state index is 13.3. The number of ether oxygens (including phenoxy) is 2. The molecule has 0 saturated carbocycles. The Hall–Kier alpha value is -3.87. The van der Waals surface area contributed by atoms with E-state index < -0.39 is 41.5 Å². The molecule has 13 nitrogen and oxygen atoms in total. The summed E-state index contributed by atoms with van der Waals surface area (Å²) in [5, 5.41) is 12.9. The van der Waals surface area contributed by atoms with E-state index >= 15 is 0 Å². The van der Waals surface area contributed by atoms with Gasteiger partial charge < -0.3 is 24.1 Å². The molecule has 13 heteroatoms. The largest absolute Gasteiger partial charge is 0.444 e. The molecule has 3 saturated heterocycles. The number of carbonyl (C=O) groups excluding carboxylic acids is 3. The number of fused-ring (bicyclic) bond motifs is 2. The van der Waals surface area contributed by atoms with Crippen LogP contribution in [0, 0.1) is 0 Å². The fourth-order valence-electron chi connectivity index (χ4n) is 5.46. The number of urea groups is 1. The Bertz CT molecular complexity index is 1290. The van der Waals surface area contributed by atoms with E-state index in [-0.39, 0.29) is 24.5 Å².